The first-order valence-corrected chi connectivity index (χ1v) is 13.0. The van der Waals surface area contributed by atoms with E-state index in [-0.39, 0.29) is 12.3 Å². The number of ether oxygens (including phenoxy) is 3. The molecule has 1 aliphatic carbocycles. The van der Waals surface area contributed by atoms with Crippen molar-refractivity contribution in [3.63, 3.8) is 0 Å². The van der Waals surface area contributed by atoms with Crippen molar-refractivity contribution in [2.45, 2.75) is 114 Å². The molecule has 216 valence electrons. The minimum absolute atomic E-state index is 0.0459. The van der Waals surface area contributed by atoms with E-state index in [4.69, 9.17) is 14.2 Å². The predicted molar refractivity (Wildman–Crippen MR) is 126 cm³/mol. The van der Waals surface area contributed by atoms with E-state index >= 15 is 0 Å². The Morgan fingerprint density at radius 3 is 2.05 bits per heavy atom. The van der Waals surface area contributed by atoms with Gasteiger partial charge in [-0.1, -0.05) is 46.0 Å². The summed E-state index contributed by atoms with van der Waals surface area (Å²) in [6.07, 6.45) is -1.92. The molecule has 0 aromatic heterocycles. The fourth-order valence-electron chi connectivity index (χ4n) is 6.48. The molecule has 0 unspecified atom stereocenters. The van der Waals surface area contributed by atoms with Gasteiger partial charge in [-0.15, -0.1) is 0 Å². The van der Waals surface area contributed by atoms with Gasteiger partial charge in [0.25, 0.3) is 0 Å². The van der Waals surface area contributed by atoms with Crippen LogP contribution in [0.2, 0.25) is 0 Å². The van der Waals surface area contributed by atoms with Crippen molar-refractivity contribution >= 4 is 23.9 Å². The second kappa shape index (κ2) is 11.0. The van der Waals surface area contributed by atoms with E-state index < -0.39 is 77.6 Å². The van der Waals surface area contributed by atoms with Crippen LogP contribution in [0.1, 0.15) is 72.1 Å². The van der Waals surface area contributed by atoms with Crippen LogP contribution >= 0.6 is 0 Å². The first-order chi connectivity index (χ1) is 17.6. The molecule has 2 heterocycles. The standard InChI is InChI=1S/C25H38O13/c1-12(16(36-14(3)26)13(2)11-15-7-5-4-6-8-15)9-10-23-17(27)18(28)25(38-23,22(33)34)24(35,21(31)32)19(37-23)20(29)30/h12-13,15-19,27-28,35H,4-11H2,1-3H3,(H,29,30)(H,31,32)(H,33,34)/t12-,13-,16-,17-,18-,19-,23+,24-,25+/m1/s1. The van der Waals surface area contributed by atoms with Crippen LogP contribution < -0.4 is 0 Å². The van der Waals surface area contributed by atoms with Gasteiger partial charge >= 0.3 is 23.9 Å². The lowest BCUT2D eigenvalue weighted by atomic mass is 9.74. The summed E-state index contributed by atoms with van der Waals surface area (Å²) in [7, 11) is 0. The summed E-state index contributed by atoms with van der Waals surface area (Å²) in [5.74, 6) is -9.48. The van der Waals surface area contributed by atoms with Crippen LogP contribution in [-0.2, 0) is 33.4 Å². The van der Waals surface area contributed by atoms with Gasteiger partial charge in [-0.05, 0) is 30.6 Å². The van der Waals surface area contributed by atoms with Crippen molar-refractivity contribution in [3.8, 4) is 0 Å². The molecule has 13 heteroatoms. The molecule has 1 saturated carbocycles. The molecule has 13 nitrogen and oxygen atoms in total. The van der Waals surface area contributed by atoms with Gasteiger partial charge < -0.3 is 44.8 Å². The zero-order valence-corrected chi connectivity index (χ0v) is 21.7. The van der Waals surface area contributed by atoms with Crippen LogP contribution in [0.15, 0.2) is 0 Å². The molecule has 0 aromatic carbocycles. The maximum atomic E-state index is 12.2. The summed E-state index contributed by atoms with van der Waals surface area (Å²) >= 11 is 0. The fourth-order valence-corrected chi connectivity index (χ4v) is 6.48. The number of carbonyl (C=O) groups excluding carboxylic acids is 1. The second-order valence-corrected chi connectivity index (χ2v) is 11.1. The zero-order valence-electron chi connectivity index (χ0n) is 21.7. The molecule has 0 spiro atoms. The van der Waals surface area contributed by atoms with Crippen molar-refractivity contribution in [2.75, 3.05) is 0 Å². The number of carboxylic acids is 3. The summed E-state index contributed by atoms with van der Waals surface area (Å²) in [6, 6.07) is 0. The Kier molecular flexibility index (Phi) is 8.79. The number of hydrogen-bond acceptors (Lipinski definition) is 10. The lowest BCUT2D eigenvalue weighted by molar-refractivity contribution is -0.374. The number of rotatable bonds is 11. The van der Waals surface area contributed by atoms with Gasteiger partial charge in [0.1, 0.15) is 18.3 Å². The zero-order chi connectivity index (χ0) is 28.6. The average molecular weight is 547 g/mol. The summed E-state index contributed by atoms with van der Waals surface area (Å²) in [5.41, 5.74) is -7.21. The maximum absolute atomic E-state index is 12.2. The van der Waals surface area contributed by atoms with Crippen molar-refractivity contribution in [1.29, 1.82) is 0 Å². The number of carbonyl (C=O) groups is 4. The maximum Gasteiger partial charge on any atom is 0.343 e. The van der Waals surface area contributed by atoms with E-state index in [9.17, 15) is 49.8 Å². The van der Waals surface area contributed by atoms with Crippen LogP contribution in [0.3, 0.4) is 0 Å². The van der Waals surface area contributed by atoms with E-state index in [1.807, 2.05) is 6.92 Å². The lowest BCUT2D eigenvalue weighted by Crippen LogP contribution is -2.77. The number of aliphatic hydroxyl groups is 3. The quantitative estimate of drug-likeness (QED) is 0.195. The van der Waals surface area contributed by atoms with Gasteiger partial charge in [-0.3, -0.25) is 4.79 Å². The summed E-state index contributed by atoms with van der Waals surface area (Å²) in [5, 5.41) is 61.5. The molecule has 2 aliphatic heterocycles. The lowest BCUT2D eigenvalue weighted by Gasteiger charge is -2.48. The number of esters is 1. The highest BCUT2D eigenvalue weighted by molar-refractivity contribution is 5.97. The monoisotopic (exact) mass is 546 g/mol. The third-order valence-corrected chi connectivity index (χ3v) is 8.43. The smallest absolute Gasteiger partial charge is 0.343 e. The van der Waals surface area contributed by atoms with Crippen molar-refractivity contribution in [1.82, 2.24) is 0 Å². The first kappa shape index (κ1) is 30.2. The van der Waals surface area contributed by atoms with Crippen LogP contribution in [-0.4, -0.2) is 95.9 Å². The molecule has 2 bridgehead atoms. The minimum Gasteiger partial charge on any atom is -0.479 e. The minimum atomic E-state index is -3.77. The van der Waals surface area contributed by atoms with Gasteiger partial charge in [-0.25, -0.2) is 14.4 Å². The van der Waals surface area contributed by atoms with Crippen LogP contribution in [0.4, 0.5) is 0 Å². The molecular weight excluding hydrogens is 508 g/mol. The van der Waals surface area contributed by atoms with Gasteiger partial charge in [0.05, 0.1) is 0 Å². The van der Waals surface area contributed by atoms with E-state index in [0.29, 0.717) is 5.92 Å². The number of aliphatic hydroxyl groups excluding tert-OH is 2. The molecule has 0 radical (unpaired) electrons. The number of carboxylic acid groups (broad SMARTS) is 3. The summed E-state index contributed by atoms with van der Waals surface area (Å²) < 4.78 is 16.3. The number of fused-ring (bicyclic) bond motifs is 2. The average Bonchev–Trinajstić information content (AvgIpc) is 3.04. The molecular formula is C25H38O13. The molecule has 0 aromatic rings. The Balaban J connectivity index is 1.88. The van der Waals surface area contributed by atoms with Crippen LogP contribution in [0, 0.1) is 17.8 Å². The Labute approximate surface area is 219 Å². The van der Waals surface area contributed by atoms with Gasteiger partial charge in [0.2, 0.25) is 17.3 Å². The first-order valence-electron chi connectivity index (χ1n) is 13.0. The third-order valence-electron chi connectivity index (χ3n) is 8.43. The van der Waals surface area contributed by atoms with E-state index in [0.717, 1.165) is 32.1 Å². The van der Waals surface area contributed by atoms with Crippen molar-refractivity contribution in [2.24, 2.45) is 17.8 Å². The molecule has 3 fully saturated rings. The molecule has 38 heavy (non-hydrogen) atoms. The molecule has 0 amide bonds. The molecule has 6 N–H and O–H groups in total. The Hall–Kier alpha value is -2.32. The molecule has 2 saturated heterocycles. The van der Waals surface area contributed by atoms with Crippen LogP contribution in [0.25, 0.3) is 0 Å². The fraction of sp³-hybridized carbons (Fsp3) is 0.840. The Bertz CT molecular complexity index is 932. The predicted octanol–water partition coefficient (Wildman–Crippen LogP) is 0.512. The van der Waals surface area contributed by atoms with Gasteiger partial charge in [0.15, 0.2) is 5.79 Å². The highest BCUT2D eigenvalue weighted by Crippen LogP contribution is 2.54. The summed E-state index contributed by atoms with van der Waals surface area (Å²) in [6.45, 7) is 5.00. The van der Waals surface area contributed by atoms with Gasteiger partial charge in [-0.2, -0.15) is 0 Å². The normalized spacial score (nSPS) is 37.7. The molecule has 3 aliphatic rings. The van der Waals surface area contributed by atoms with Crippen LogP contribution in [0.5, 0.6) is 0 Å². The van der Waals surface area contributed by atoms with Crippen molar-refractivity contribution < 1.29 is 64.0 Å². The number of hydrogen-bond donors (Lipinski definition) is 6. The second-order valence-electron chi connectivity index (χ2n) is 11.1. The topological polar surface area (TPSA) is 217 Å². The molecule has 3 rings (SSSR count). The Morgan fingerprint density at radius 2 is 1.55 bits per heavy atom. The van der Waals surface area contributed by atoms with Gasteiger partial charge in [0, 0.05) is 13.3 Å². The van der Waals surface area contributed by atoms with E-state index in [1.165, 1.54) is 13.3 Å². The van der Waals surface area contributed by atoms with Crippen molar-refractivity contribution in [3.05, 3.63) is 0 Å². The Morgan fingerprint density at radius 1 is 0.947 bits per heavy atom. The summed E-state index contributed by atoms with van der Waals surface area (Å²) in [4.78, 5) is 48.0. The highest BCUT2D eigenvalue weighted by Gasteiger charge is 2.84. The van der Waals surface area contributed by atoms with E-state index in [1.54, 1.807) is 6.92 Å². The SMILES string of the molecule is CC(=O)O[C@H]([C@H](C)CC[C@]12O[C@H](C(=O)O)[C@@](O)(C(=O)O)[C@](C(=O)O)(O1)[C@H](O)[C@H]2O)[C@H](C)CC1CCCCC1. The molecule has 9 atom stereocenters. The largest absolute Gasteiger partial charge is 0.479 e. The third kappa shape index (κ3) is 4.90. The van der Waals surface area contributed by atoms with E-state index in [2.05, 4.69) is 0 Å². The highest BCUT2D eigenvalue weighted by atomic mass is 16.8. The number of aliphatic carboxylic acids is 3.